The number of H-pyrrole nitrogens is 1. The number of carbonyl (C=O) groups excluding carboxylic acids is 2. The molecule has 1 aliphatic carbocycles. The Hall–Kier alpha value is -3.77. The van der Waals surface area contributed by atoms with Crippen molar-refractivity contribution in [2.45, 2.75) is 32.8 Å². The SMILES string of the molecule is C[C@@H]1CCc2[nH]c3ccc(C(=O)NNC(=O)c4ccc(COc5ccc(Cl)cc5)cc4)cc3c2C1. The predicted molar refractivity (Wildman–Crippen MR) is 137 cm³/mol. The number of aromatic amines is 1. The molecule has 1 aromatic heterocycles. The number of amides is 2. The summed E-state index contributed by atoms with van der Waals surface area (Å²) in [6, 6.07) is 19.8. The Labute approximate surface area is 208 Å². The molecule has 4 aromatic rings. The highest BCUT2D eigenvalue weighted by molar-refractivity contribution is 6.30. The number of hydrazine groups is 1. The minimum Gasteiger partial charge on any atom is -0.489 e. The molecule has 0 radical (unpaired) electrons. The van der Waals surface area contributed by atoms with Gasteiger partial charge in [-0.25, -0.2) is 0 Å². The van der Waals surface area contributed by atoms with E-state index in [1.54, 1.807) is 42.5 Å². The minimum absolute atomic E-state index is 0.355. The van der Waals surface area contributed by atoms with Crippen molar-refractivity contribution < 1.29 is 14.3 Å². The van der Waals surface area contributed by atoms with E-state index >= 15 is 0 Å². The molecule has 0 bridgehead atoms. The predicted octanol–water partition coefficient (Wildman–Crippen LogP) is 5.60. The lowest BCUT2D eigenvalue weighted by atomic mass is 9.87. The van der Waals surface area contributed by atoms with Crippen molar-refractivity contribution in [1.82, 2.24) is 15.8 Å². The van der Waals surface area contributed by atoms with Crippen LogP contribution in [0.3, 0.4) is 0 Å². The van der Waals surface area contributed by atoms with Crippen LogP contribution in [0, 0.1) is 5.92 Å². The molecule has 1 atom stereocenters. The van der Waals surface area contributed by atoms with Gasteiger partial charge in [-0.1, -0.05) is 30.7 Å². The van der Waals surface area contributed by atoms with Gasteiger partial charge in [0, 0.05) is 32.7 Å². The maximum atomic E-state index is 12.7. The number of halogens is 1. The number of ether oxygens (including phenoxy) is 1. The van der Waals surface area contributed by atoms with Crippen LogP contribution < -0.4 is 15.6 Å². The third-order valence-corrected chi connectivity index (χ3v) is 6.67. The molecule has 2 amide bonds. The van der Waals surface area contributed by atoms with E-state index in [4.69, 9.17) is 16.3 Å². The van der Waals surface area contributed by atoms with E-state index in [-0.39, 0.29) is 5.91 Å². The smallest absolute Gasteiger partial charge is 0.269 e. The minimum atomic E-state index is -0.391. The van der Waals surface area contributed by atoms with Crippen LogP contribution in [0.4, 0.5) is 0 Å². The van der Waals surface area contributed by atoms with Gasteiger partial charge in [-0.2, -0.15) is 0 Å². The molecule has 6 nitrogen and oxygen atoms in total. The van der Waals surface area contributed by atoms with Gasteiger partial charge in [-0.15, -0.1) is 0 Å². The number of hydrogen-bond donors (Lipinski definition) is 3. The lowest BCUT2D eigenvalue weighted by molar-refractivity contribution is 0.0847. The molecule has 0 aliphatic heterocycles. The molecule has 0 unspecified atom stereocenters. The second-order valence-corrected chi connectivity index (χ2v) is 9.47. The van der Waals surface area contributed by atoms with Crippen LogP contribution in [0.15, 0.2) is 66.7 Å². The number of aryl methyl sites for hydroxylation is 1. The highest BCUT2D eigenvalue weighted by atomic mass is 35.5. The summed E-state index contributed by atoms with van der Waals surface area (Å²) in [5.41, 5.74) is 10.5. The molecule has 178 valence electrons. The van der Waals surface area contributed by atoms with Gasteiger partial charge in [0.25, 0.3) is 11.8 Å². The van der Waals surface area contributed by atoms with Crippen molar-refractivity contribution in [1.29, 1.82) is 0 Å². The standard InChI is InChI=1S/C28H26ClN3O3/c1-17-2-12-25-23(14-17)24-15-20(7-13-26(24)30-25)28(34)32-31-27(33)19-5-3-18(4-6-19)16-35-22-10-8-21(29)9-11-22/h3-11,13,15,17,30H,2,12,14,16H2,1H3,(H,31,33)(H,32,34)/t17-/m1/s1. The van der Waals surface area contributed by atoms with Crippen LogP contribution in [0.25, 0.3) is 10.9 Å². The fourth-order valence-electron chi connectivity index (χ4n) is 4.44. The Balaban J connectivity index is 1.18. The van der Waals surface area contributed by atoms with Crippen molar-refractivity contribution in [2.24, 2.45) is 5.92 Å². The molecule has 0 saturated carbocycles. The Morgan fingerprint density at radius 3 is 2.40 bits per heavy atom. The highest BCUT2D eigenvalue weighted by Crippen LogP contribution is 2.32. The summed E-state index contributed by atoms with van der Waals surface area (Å²) in [5, 5.41) is 1.74. The van der Waals surface area contributed by atoms with Gasteiger partial charge in [0.15, 0.2) is 0 Å². The van der Waals surface area contributed by atoms with Crippen LogP contribution in [-0.2, 0) is 19.4 Å². The number of fused-ring (bicyclic) bond motifs is 3. The maximum Gasteiger partial charge on any atom is 0.269 e. The van der Waals surface area contributed by atoms with Gasteiger partial charge in [0.2, 0.25) is 0 Å². The van der Waals surface area contributed by atoms with Crippen LogP contribution in [0.2, 0.25) is 5.02 Å². The fourth-order valence-corrected chi connectivity index (χ4v) is 4.57. The molecule has 0 fully saturated rings. The Bertz CT molecular complexity index is 1380. The second-order valence-electron chi connectivity index (χ2n) is 9.04. The van der Waals surface area contributed by atoms with E-state index in [1.165, 1.54) is 17.7 Å². The third kappa shape index (κ3) is 5.17. The number of benzene rings is 3. The van der Waals surface area contributed by atoms with E-state index in [1.807, 2.05) is 24.3 Å². The monoisotopic (exact) mass is 487 g/mol. The number of hydrogen-bond acceptors (Lipinski definition) is 3. The number of aromatic nitrogens is 1. The van der Waals surface area contributed by atoms with Crippen LogP contribution >= 0.6 is 11.6 Å². The van der Waals surface area contributed by atoms with E-state index in [9.17, 15) is 9.59 Å². The van der Waals surface area contributed by atoms with Crippen molar-refractivity contribution in [3.8, 4) is 5.75 Å². The van der Waals surface area contributed by atoms with Crippen molar-refractivity contribution in [2.75, 3.05) is 0 Å². The van der Waals surface area contributed by atoms with Gasteiger partial charge in [-0.3, -0.25) is 20.4 Å². The van der Waals surface area contributed by atoms with E-state index in [2.05, 4.69) is 22.8 Å². The first kappa shape index (κ1) is 23.0. The Morgan fingerprint density at radius 2 is 1.66 bits per heavy atom. The van der Waals surface area contributed by atoms with E-state index in [0.717, 1.165) is 29.3 Å². The lowest BCUT2D eigenvalue weighted by Gasteiger charge is -2.18. The molecular weight excluding hydrogens is 462 g/mol. The molecule has 5 rings (SSSR count). The zero-order valence-electron chi connectivity index (χ0n) is 19.4. The summed E-state index contributed by atoms with van der Waals surface area (Å²) in [7, 11) is 0. The largest absolute Gasteiger partial charge is 0.489 e. The number of carbonyl (C=O) groups is 2. The summed E-state index contributed by atoms with van der Waals surface area (Å²) in [5.74, 6) is 0.602. The van der Waals surface area contributed by atoms with Crippen LogP contribution in [0.5, 0.6) is 5.75 Å². The Morgan fingerprint density at radius 1 is 0.971 bits per heavy atom. The molecular formula is C28H26ClN3O3. The van der Waals surface area contributed by atoms with Crippen LogP contribution in [-0.4, -0.2) is 16.8 Å². The normalized spacial score (nSPS) is 14.9. The first-order valence-electron chi connectivity index (χ1n) is 11.7. The molecule has 1 heterocycles. The average Bonchev–Trinajstić information content (AvgIpc) is 3.24. The maximum absolute atomic E-state index is 12.7. The third-order valence-electron chi connectivity index (χ3n) is 6.42. The first-order chi connectivity index (χ1) is 17.0. The van der Waals surface area contributed by atoms with E-state index in [0.29, 0.717) is 34.4 Å². The molecule has 0 spiro atoms. The molecule has 35 heavy (non-hydrogen) atoms. The Kier molecular flexibility index (Phi) is 6.47. The van der Waals surface area contributed by atoms with Gasteiger partial charge >= 0.3 is 0 Å². The summed E-state index contributed by atoms with van der Waals surface area (Å²) in [6.45, 7) is 2.62. The topological polar surface area (TPSA) is 83.2 Å². The van der Waals surface area contributed by atoms with Gasteiger partial charge in [0.1, 0.15) is 12.4 Å². The average molecular weight is 488 g/mol. The fraction of sp³-hybridized carbons (Fsp3) is 0.214. The van der Waals surface area contributed by atoms with Gasteiger partial charge in [0.05, 0.1) is 0 Å². The van der Waals surface area contributed by atoms with Crippen molar-refractivity contribution >= 4 is 34.3 Å². The van der Waals surface area contributed by atoms with Gasteiger partial charge in [-0.05, 0) is 90.9 Å². The van der Waals surface area contributed by atoms with Crippen molar-refractivity contribution in [3.05, 3.63) is 99.7 Å². The summed E-state index contributed by atoms with van der Waals surface area (Å²) < 4.78 is 5.72. The van der Waals surface area contributed by atoms with Gasteiger partial charge < -0.3 is 9.72 Å². The second kappa shape index (κ2) is 9.84. The molecule has 7 heteroatoms. The summed E-state index contributed by atoms with van der Waals surface area (Å²) in [4.78, 5) is 28.7. The molecule has 3 aromatic carbocycles. The summed E-state index contributed by atoms with van der Waals surface area (Å²) >= 11 is 5.88. The number of nitrogens with one attached hydrogen (secondary N) is 3. The van der Waals surface area contributed by atoms with Crippen molar-refractivity contribution in [3.63, 3.8) is 0 Å². The quantitative estimate of drug-likeness (QED) is 0.320. The highest BCUT2D eigenvalue weighted by Gasteiger charge is 2.20. The molecule has 1 aliphatic rings. The molecule has 0 saturated heterocycles. The first-order valence-corrected chi connectivity index (χ1v) is 12.1. The van der Waals surface area contributed by atoms with Crippen LogP contribution in [0.1, 0.15) is 50.9 Å². The summed E-state index contributed by atoms with van der Waals surface area (Å²) in [6.07, 6.45) is 3.22. The van der Waals surface area contributed by atoms with E-state index < -0.39 is 5.91 Å². The zero-order chi connectivity index (χ0) is 24.4. The zero-order valence-corrected chi connectivity index (χ0v) is 20.1. The lowest BCUT2D eigenvalue weighted by Crippen LogP contribution is -2.41. The number of rotatable bonds is 5. The molecule has 3 N–H and O–H groups in total.